The molecule has 0 saturated heterocycles. The van der Waals surface area contributed by atoms with Crippen LogP contribution in [-0.2, 0) is 18.3 Å². The fraction of sp³-hybridized carbons (Fsp3) is 0.500. The molecule has 0 bridgehead atoms. The largest absolute Gasteiger partial charge is 0.347 e. The molecule has 1 unspecified atom stereocenters. The zero-order valence-electron chi connectivity index (χ0n) is 14.0. The lowest BCUT2D eigenvalue weighted by atomic mass is 10.0. The van der Waals surface area contributed by atoms with Gasteiger partial charge in [0.25, 0.3) is 0 Å². The Morgan fingerprint density at radius 2 is 2.00 bits per heavy atom. The molecule has 1 amide bonds. The summed E-state index contributed by atoms with van der Waals surface area (Å²) in [4.78, 5) is 12.4. The van der Waals surface area contributed by atoms with Crippen molar-refractivity contribution >= 4 is 5.91 Å². The van der Waals surface area contributed by atoms with Gasteiger partial charge in [-0.15, -0.1) is 5.10 Å². The van der Waals surface area contributed by atoms with Gasteiger partial charge >= 0.3 is 0 Å². The highest BCUT2D eigenvalue weighted by Crippen LogP contribution is 2.40. The van der Waals surface area contributed by atoms with Crippen LogP contribution in [0.2, 0.25) is 0 Å². The Morgan fingerprint density at radius 1 is 1.30 bits per heavy atom. The standard InChI is InChI=1S/C18H24N4O/c1-12(2)14-6-4-13(5-7-14)10-17(23)19-18(15-8-9-15)16-11-22(3)21-20-16/h4-7,11-12,15,18H,8-10H2,1-3H3,(H,19,23). The van der Waals surface area contributed by atoms with Crippen LogP contribution >= 0.6 is 0 Å². The number of hydrogen-bond donors (Lipinski definition) is 1. The number of aromatic nitrogens is 3. The van der Waals surface area contributed by atoms with Crippen molar-refractivity contribution in [2.24, 2.45) is 13.0 Å². The van der Waals surface area contributed by atoms with Crippen LogP contribution in [0.4, 0.5) is 0 Å². The van der Waals surface area contributed by atoms with E-state index in [2.05, 4.69) is 41.6 Å². The Hall–Kier alpha value is -2.17. The molecule has 3 rings (SSSR count). The molecule has 1 aromatic heterocycles. The Morgan fingerprint density at radius 3 is 2.52 bits per heavy atom. The van der Waals surface area contributed by atoms with Gasteiger partial charge in [-0.1, -0.05) is 43.3 Å². The first kappa shape index (κ1) is 15.7. The molecule has 1 aliphatic carbocycles. The quantitative estimate of drug-likeness (QED) is 0.892. The molecule has 5 heteroatoms. The maximum absolute atomic E-state index is 12.4. The molecule has 1 aromatic carbocycles. The first-order chi connectivity index (χ1) is 11.0. The van der Waals surface area contributed by atoms with Gasteiger partial charge in [0.2, 0.25) is 5.91 Å². The second-order valence-electron chi connectivity index (χ2n) is 6.77. The summed E-state index contributed by atoms with van der Waals surface area (Å²) in [5.41, 5.74) is 3.20. The van der Waals surface area contributed by atoms with Gasteiger partial charge in [0.15, 0.2) is 0 Å². The molecule has 122 valence electrons. The third-order valence-electron chi connectivity index (χ3n) is 4.36. The SMILES string of the molecule is CC(C)c1ccc(CC(=O)NC(c2cn(C)nn2)C2CC2)cc1. The van der Waals surface area contributed by atoms with Gasteiger partial charge in [0.1, 0.15) is 5.69 Å². The number of amides is 1. The average Bonchev–Trinajstić information content (AvgIpc) is 3.27. The summed E-state index contributed by atoms with van der Waals surface area (Å²) in [5.74, 6) is 1.05. The van der Waals surface area contributed by atoms with Crippen LogP contribution in [0.5, 0.6) is 0 Å². The van der Waals surface area contributed by atoms with Crippen molar-refractivity contribution in [1.82, 2.24) is 20.3 Å². The van der Waals surface area contributed by atoms with Crippen molar-refractivity contribution in [3.05, 3.63) is 47.3 Å². The number of nitrogens with one attached hydrogen (secondary N) is 1. The number of rotatable bonds is 6. The summed E-state index contributed by atoms with van der Waals surface area (Å²) in [6.07, 6.45) is 4.58. The van der Waals surface area contributed by atoms with Crippen LogP contribution in [0.15, 0.2) is 30.5 Å². The van der Waals surface area contributed by atoms with Crippen molar-refractivity contribution in [2.45, 2.75) is 45.1 Å². The zero-order valence-corrected chi connectivity index (χ0v) is 14.0. The summed E-state index contributed by atoms with van der Waals surface area (Å²) in [7, 11) is 1.85. The molecular weight excluding hydrogens is 288 g/mol. The lowest BCUT2D eigenvalue weighted by Crippen LogP contribution is -2.31. The number of nitrogens with zero attached hydrogens (tertiary/aromatic N) is 3. The Labute approximate surface area is 137 Å². The van der Waals surface area contributed by atoms with E-state index >= 15 is 0 Å². The predicted molar refractivity (Wildman–Crippen MR) is 88.8 cm³/mol. The van der Waals surface area contributed by atoms with Crippen molar-refractivity contribution in [1.29, 1.82) is 0 Å². The van der Waals surface area contributed by atoms with Crippen molar-refractivity contribution in [3.8, 4) is 0 Å². The van der Waals surface area contributed by atoms with E-state index in [0.29, 0.717) is 18.3 Å². The minimum absolute atomic E-state index is 0.00821. The molecule has 1 aliphatic rings. The highest BCUT2D eigenvalue weighted by molar-refractivity contribution is 5.79. The van der Waals surface area contributed by atoms with Gasteiger partial charge in [-0.05, 0) is 35.8 Å². The zero-order chi connectivity index (χ0) is 16.4. The third kappa shape index (κ3) is 3.97. The first-order valence-electron chi connectivity index (χ1n) is 8.27. The molecule has 1 atom stereocenters. The molecule has 1 fully saturated rings. The Balaban J connectivity index is 1.63. The minimum atomic E-state index is -0.00821. The van der Waals surface area contributed by atoms with Crippen molar-refractivity contribution in [3.63, 3.8) is 0 Å². The topological polar surface area (TPSA) is 59.8 Å². The summed E-state index contributed by atoms with van der Waals surface area (Å²) in [6, 6.07) is 8.29. The second-order valence-corrected chi connectivity index (χ2v) is 6.77. The highest BCUT2D eigenvalue weighted by Gasteiger charge is 2.35. The van der Waals surface area contributed by atoms with E-state index in [1.54, 1.807) is 4.68 Å². The summed E-state index contributed by atoms with van der Waals surface area (Å²) >= 11 is 0. The van der Waals surface area contributed by atoms with Crippen LogP contribution in [0.3, 0.4) is 0 Å². The van der Waals surface area contributed by atoms with Crippen LogP contribution in [0.1, 0.15) is 55.5 Å². The maximum Gasteiger partial charge on any atom is 0.224 e. The maximum atomic E-state index is 12.4. The van der Waals surface area contributed by atoms with E-state index in [1.165, 1.54) is 5.56 Å². The second kappa shape index (κ2) is 6.52. The van der Waals surface area contributed by atoms with Gasteiger partial charge in [-0.3, -0.25) is 9.48 Å². The Bertz CT molecular complexity index is 671. The van der Waals surface area contributed by atoms with E-state index in [-0.39, 0.29) is 11.9 Å². The van der Waals surface area contributed by atoms with E-state index < -0.39 is 0 Å². The van der Waals surface area contributed by atoms with E-state index in [1.807, 2.05) is 25.4 Å². The molecule has 0 radical (unpaired) electrons. The van der Waals surface area contributed by atoms with Gasteiger partial charge in [0, 0.05) is 7.05 Å². The number of hydrogen-bond acceptors (Lipinski definition) is 3. The fourth-order valence-corrected chi connectivity index (χ4v) is 2.80. The molecule has 0 spiro atoms. The van der Waals surface area contributed by atoms with Crippen molar-refractivity contribution in [2.75, 3.05) is 0 Å². The highest BCUT2D eigenvalue weighted by atomic mass is 16.1. The third-order valence-corrected chi connectivity index (χ3v) is 4.36. The molecule has 1 N–H and O–H groups in total. The number of carbonyl (C=O) groups excluding carboxylic acids is 1. The summed E-state index contributed by atoms with van der Waals surface area (Å²) in [5, 5.41) is 11.3. The molecule has 1 saturated carbocycles. The molecular formula is C18H24N4O. The fourth-order valence-electron chi connectivity index (χ4n) is 2.80. The molecule has 23 heavy (non-hydrogen) atoms. The van der Waals surface area contributed by atoms with E-state index in [4.69, 9.17) is 0 Å². The van der Waals surface area contributed by atoms with Crippen LogP contribution in [-0.4, -0.2) is 20.9 Å². The minimum Gasteiger partial charge on any atom is -0.347 e. The summed E-state index contributed by atoms with van der Waals surface area (Å²) < 4.78 is 1.68. The lowest BCUT2D eigenvalue weighted by Gasteiger charge is -2.16. The van der Waals surface area contributed by atoms with Crippen LogP contribution in [0, 0.1) is 5.92 Å². The van der Waals surface area contributed by atoms with E-state index in [9.17, 15) is 4.79 Å². The first-order valence-corrected chi connectivity index (χ1v) is 8.27. The Kier molecular flexibility index (Phi) is 4.46. The number of aryl methyl sites for hydroxylation is 1. The average molecular weight is 312 g/mol. The molecule has 1 heterocycles. The van der Waals surface area contributed by atoms with Gasteiger partial charge in [0.05, 0.1) is 18.7 Å². The molecule has 2 aromatic rings. The number of carbonyl (C=O) groups is 1. The van der Waals surface area contributed by atoms with Crippen LogP contribution < -0.4 is 5.32 Å². The summed E-state index contributed by atoms with van der Waals surface area (Å²) in [6.45, 7) is 4.34. The van der Waals surface area contributed by atoms with Gasteiger partial charge in [-0.25, -0.2) is 0 Å². The predicted octanol–water partition coefficient (Wildman–Crippen LogP) is 2.75. The smallest absolute Gasteiger partial charge is 0.224 e. The van der Waals surface area contributed by atoms with Gasteiger partial charge < -0.3 is 5.32 Å². The number of benzene rings is 1. The molecule has 0 aliphatic heterocycles. The van der Waals surface area contributed by atoms with Crippen LogP contribution in [0.25, 0.3) is 0 Å². The van der Waals surface area contributed by atoms with Crippen molar-refractivity contribution < 1.29 is 4.79 Å². The molecule has 5 nitrogen and oxygen atoms in total. The normalized spacial score (nSPS) is 15.7. The van der Waals surface area contributed by atoms with E-state index in [0.717, 1.165) is 24.1 Å². The monoisotopic (exact) mass is 312 g/mol. The lowest BCUT2D eigenvalue weighted by molar-refractivity contribution is -0.121. The van der Waals surface area contributed by atoms with Gasteiger partial charge in [-0.2, -0.15) is 0 Å².